The lowest BCUT2D eigenvalue weighted by atomic mass is 9.45. The van der Waals surface area contributed by atoms with E-state index in [-0.39, 0.29) is 29.7 Å². The van der Waals surface area contributed by atoms with Gasteiger partial charge in [-0.25, -0.2) is 9.59 Å². The van der Waals surface area contributed by atoms with Crippen LogP contribution in [-0.4, -0.2) is 124 Å². The SMILES string of the molecule is CC(=O)OC[C@]12[C@H](OC(C)=O)[C@H](OC(C)=O)[C@H]3[C@@H](O)[C@@]14O[C@@]3(C)COC(=O)c1cccnc1CC[C@@H](C)C(=O)O[C@@H]([C@H](OC(C)=O)[C@@H]2OC(=O)c1ccccc1)[C@]4(C)O. The Bertz CT molecular complexity index is 2020. The number of hydrogen-bond acceptors (Lipinski definition) is 18. The first kappa shape index (κ1) is 43.1. The highest BCUT2D eigenvalue weighted by Crippen LogP contribution is 2.69. The number of esters is 7. The second kappa shape index (κ2) is 16.0. The van der Waals surface area contributed by atoms with Crippen molar-refractivity contribution >= 4 is 41.8 Å². The lowest BCUT2D eigenvalue weighted by Crippen LogP contribution is -2.89. The molecule has 3 fully saturated rings. The van der Waals surface area contributed by atoms with Gasteiger partial charge in [0.2, 0.25) is 0 Å². The van der Waals surface area contributed by atoms with Crippen LogP contribution >= 0.6 is 0 Å². The number of nitrogens with zero attached hydrogens (tertiary/aromatic N) is 1. The maximum atomic E-state index is 14.3. The van der Waals surface area contributed by atoms with Gasteiger partial charge in [0.15, 0.2) is 24.4 Å². The molecule has 1 saturated heterocycles. The van der Waals surface area contributed by atoms with E-state index in [1.54, 1.807) is 6.07 Å². The molecule has 0 amide bonds. The van der Waals surface area contributed by atoms with Gasteiger partial charge in [-0.05, 0) is 51.0 Å². The number of carbonyl (C=O) groups excluding carboxylic acids is 7. The van der Waals surface area contributed by atoms with Gasteiger partial charge in [-0.2, -0.15) is 0 Å². The Kier molecular flexibility index (Phi) is 11.7. The van der Waals surface area contributed by atoms with Crippen molar-refractivity contribution in [2.75, 3.05) is 13.2 Å². The summed E-state index contributed by atoms with van der Waals surface area (Å²) in [6.45, 7) is 6.23. The van der Waals surface area contributed by atoms with Gasteiger partial charge in [-0.15, -0.1) is 0 Å². The van der Waals surface area contributed by atoms with E-state index < -0.39 is 126 Å². The lowest BCUT2D eigenvalue weighted by molar-refractivity contribution is -0.385. The summed E-state index contributed by atoms with van der Waals surface area (Å²) in [4.78, 5) is 99.0. The second-order valence-electron chi connectivity index (χ2n) is 15.8. The van der Waals surface area contributed by atoms with E-state index >= 15 is 0 Å². The Morgan fingerprint density at radius 3 is 2.10 bits per heavy atom. The quantitative estimate of drug-likeness (QED) is 0.297. The van der Waals surface area contributed by atoms with Crippen molar-refractivity contribution in [3.63, 3.8) is 0 Å². The number of aliphatic hydroxyl groups excluding tert-OH is 1. The van der Waals surface area contributed by atoms with Crippen LogP contribution in [0.1, 0.15) is 81.3 Å². The van der Waals surface area contributed by atoms with E-state index in [0.717, 1.165) is 34.6 Å². The van der Waals surface area contributed by atoms with Crippen LogP contribution in [0.4, 0.5) is 0 Å². The first-order valence-electron chi connectivity index (χ1n) is 19.0. The Morgan fingerprint density at radius 2 is 1.47 bits per heavy atom. The second-order valence-corrected chi connectivity index (χ2v) is 15.8. The zero-order chi connectivity index (χ0) is 43.2. The Labute approximate surface area is 338 Å². The fourth-order valence-electron chi connectivity index (χ4n) is 9.45. The molecule has 1 aromatic carbocycles. The highest BCUT2D eigenvalue weighted by Gasteiger charge is 2.91. The number of fused-ring (bicyclic) bond motifs is 5. The number of rotatable bonds is 7. The van der Waals surface area contributed by atoms with E-state index in [9.17, 15) is 43.8 Å². The number of carbonyl (C=O) groups is 7. The standard InChI is InChI=1S/C41H47NO17/c1-20-15-16-27-26(14-11-17-42-27)37(50)53-18-38(6)28-29(54-22(3)44)33(56-24(5)46)40(19-52-21(2)43)34(58-36(49)25-12-9-8-10-13-25)30(55-23(4)45)32(57-35(20)48)39(7,51)41(40,59-38)31(28)47/h8-14,17,20,28-34,47,51H,15-16,18-19H2,1-7H3/t20-,28+,29-,30+,31-,32+,33-,34+,38+,39+,40-,41+/m1/s1. The van der Waals surface area contributed by atoms with Gasteiger partial charge in [0, 0.05) is 33.9 Å². The lowest BCUT2D eigenvalue weighted by Gasteiger charge is -2.67. The zero-order valence-electron chi connectivity index (χ0n) is 33.5. The minimum absolute atomic E-state index is 0.0401. The third-order valence-corrected chi connectivity index (χ3v) is 11.8. The van der Waals surface area contributed by atoms with Gasteiger partial charge < -0.3 is 48.1 Å². The average Bonchev–Trinajstić information content (AvgIpc) is 3.37. The smallest absolute Gasteiger partial charge is 0.340 e. The third kappa shape index (κ3) is 7.20. The molecule has 0 unspecified atom stereocenters. The number of ether oxygens (including phenoxy) is 8. The fraction of sp³-hybridized carbons (Fsp3) is 0.561. The molecule has 4 aliphatic rings. The summed E-state index contributed by atoms with van der Waals surface area (Å²) < 4.78 is 48.6. The minimum Gasteiger partial charge on any atom is -0.465 e. The van der Waals surface area contributed by atoms with Crippen molar-refractivity contribution in [3.05, 3.63) is 65.5 Å². The maximum absolute atomic E-state index is 14.3. The molecule has 2 aromatic rings. The van der Waals surface area contributed by atoms with Crippen LogP contribution in [0.2, 0.25) is 0 Å². The molecule has 2 aliphatic carbocycles. The summed E-state index contributed by atoms with van der Waals surface area (Å²) in [5.74, 6) is -9.51. The van der Waals surface area contributed by atoms with E-state index in [4.69, 9.17) is 37.9 Å². The fourth-order valence-corrected chi connectivity index (χ4v) is 9.45. The van der Waals surface area contributed by atoms with E-state index in [1.165, 1.54) is 56.4 Å². The van der Waals surface area contributed by atoms with Crippen LogP contribution in [0.15, 0.2) is 48.7 Å². The molecule has 318 valence electrons. The minimum atomic E-state index is -2.80. The van der Waals surface area contributed by atoms with Crippen molar-refractivity contribution in [2.45, 2.75) is 115 Å². The van der Waals surface area contributed by atoms with Gasteiger partial charge in [-0.1, -0.05) is 25.1 Å². The molecule has 18 heteroatoms. The predicted octanol–water partition coefficient (Wildman–Crippen LogP) is 1.59. The maximum Gasteiger partial charge on any atom is 0.340 e. The van der Waals surface area contributed by atoms with Crippen LogP contribution in [0.5, 0.6) is 0 Å². The number of hydrogen-bond donors (Lipinski definition) is 2. The topological polar surface area (TPSA) is 247 Å². The molecule has 12 atom stereocenters. The number of benzene rings is 1. The summed E-state index contributed by atoms with van der Waals surface area (Å²) in [7, 11) is 0. The highest BCUT2D eigenvalue weighted by atomic mass is 16.7. The van der Waals surface area contributed by atoms with Gasteiger partial charge in [-0.3, -0.25) is 29.0 Å². The molecule has 0 radical (unpaired) electrons. The van der Waals surface area contributed by atoms with E-state index in [1.807, 2.05) is 0 Å². The van der Waals surface area contributed by atoms with Crippen molar-refractivity contribution in [2.24, 2.45) is 17.3 Å². The van der Waals surface area contributed by atoms with Crippen LogP contribution in [0.25, 0.3) is 0 Å². The molecule has 2 aliphatic heterocycles. The molecule has 3 heterocycles. The predicted molar refractivity (Wildman–Crippen MR) is 196 cm³/mol. The third-order valence-electron chi connectivity index (χ3n) is 11.8. The van der Waals surface area contributed by atoms with Crippen LogP contribution in [0.3, 0.4) is 0 Å². The van der Waals surface area contributed by atoms with Crippen molar-refractivity contribution in [3.8, 4) is 0 Å². The summed E-state index contributed by atoms with van der Waals surface area (Å²) in [6, 6.07) is 10.4. The zero-order valence-corrected chi connectivity index (χ0v) is 33.5. The number of aromatic nitrogens is 1. The molecule has 1 spiro atoms. The monoisotopic (exact) mass is 825 g/mol. The summed E-state index contributed by atoms with van der Waals surface area (Å²) in [5.41, 5.74) is -9.98. The van der Waals surface area contributed by atoms with Gasteiger partial charge in [0.1, 0.15) is 41.5 Å². The highest BCUT2D eigenvalue weighted by molar-refractivity contribution is 5.91. The largest absolute Gasteiger partial charge is 0.465 e. The first-order valence-corrected chi connectivity index (χ1v) is 19.0. The van der Waals surface area contributed by atoms with Crippen LogP contribution < -0.4 is 0 Å². The molecule has 1 aromatic heterocycles. The summed E-state index contributed by atoms with van der Waals surface area (Å²) >= 11 is 0. The average molecular weight is 826 g/mol. The van der Waals surface area contributed by atoms with Gasteiger partial charge >= 0.3 is 41.8 Å². The summed E-state index contributed by atoms with van der Waals surface area (Å²) in [6.07, 6.45) is -10.6. The van der Waals surface area contributed by atoms with Gasteiger partial charge in [0.25, 0.3) is 0 Å². The molecule has 2 N–H and O–H groups in total. The summed E-state index contributed by atoms with van der Waals surface area (Å²) in [5, 5.41) is 26.3. The molecule has 4 bridgehead atoms. The number of aryl methyl sites for hydroxylation is 1. The van der Waals surface area contributed by atoms with Crippen LogP contribution in [0, 0.1) is 17.3 Å². The molecular weight excluding hydrogens is 778 g/mol. The van der Waals surface area contributed by atoms with Crippen molar-refractivity contribution in [1.82, 2.24) is 4.98 Å². The molecule has 18 nitrogen and oxygen atoms in total. The molecule has 6 rings (SSSR count). The van der Waals surface area contributed by atoms with Crippen molar-refractivity contribution in [1.29, 1.82) is 0 Å². The number of pyridine rings is 1. The van der Waals surface area contributed by atoms with E-state index in [0.29, 0.717) is 0 Å². The van der Waals surface area contributed by atoms with Gasteiger partial charge in [0.05, 0.1) is 34.8 Å². The molecule has 59 heavy (non-hydrogen) atoms. The molecule has 2 saturated carbocycles. The Hall–Kier alpha value is -5.46. The number of cyclic esters (lactones) is 1. The van der Waals surface area contributed by atoms with Crippen molar-refractivity contribution < 1.29 is 81.7 Å². The normalized spacial score (nSPS) is 36.3. The Balaban J connectivity index is 1.73. The number of aliphatic hydroxyl groups is 2. The van der Waals surface area contributed by atoms with E-state index in [2.05, 4.69) is 4.98 Å². The Morgan fingerprint density at radius 1 is 0.847 bits per heavy atom. The van der Waals surface area contributed by atoms with Crippen LogP contribution in [-0.2, 0) is 68.3 Å². The molecular formula is C41H47NO17. The first-order chi connectivity index (χ1) is 27.7.